The van der Waals surface area contributed by atoms with Gasteiger partial charge in [0, 0.05) is 11.3 Å². The minimum atomic E-state index is -0.840. The smallest absolute Gasteiger partial charge is 0.300 e. The maximum atomic E-state index is 13.5. The number of aliphatic hydroxyl groups is 1. The Balaban J connectivity index is 1.89. The normalized spacial score (nSPS) is 17.1. The molecule has 1 heterocycles. The molecule has 198 valence electrons. The molecule has 0 radical (unpaired) electrons. The molecule has 1 unspecified atom stereocenters. The standard InChI is InChI=1S/C31H32ClNO5/c1-6-37-23-15-13-22(14-16-23)33-27(19-8-11-21(12-9-19)31(3,4)5)26(29(35)30(33)36)28(34)20-10-17-24(32)25(18-20)38-7-2/h8-18,27,34H,6-7H2,1-5H3/b28-26-. The maximum Gasteiger partial charge on any atom is 0.300 e. The van der Waals surface area contributed by atoms with E-state index in [4.69, 9.17) is 21.1 Å². The molecule has 0 aromatic heterocycles. The van der Waals surface area contributed by atoms with Gasteiger partial charge in [-0.2, -0.15) is 0 Å². The van der Waals surface area contributed by atoms with Crippen LogP contribution in [0.4, 0.5) is 5.69 Å². The lowest BCUT2D eigenvalue weighted by Crippen LogP contribution is -2.29. The van der Waals surface area contributed by atoms with Crippen LogP contribution in [0.3, 0.4) is 0 Å². The van der Waals surface area contributed by atoms with Crippen LogP contribution >= 0.6 is 11.6 Å². The monoisotopic (exact) mass is 533 g/mol. The van der Waals surface area contributed by atoms with Crippen molar-refractivity contribution < 1.29 is 24.2 Å². The summed E-state index contributed by atoms with van der Waals surface area (Å²) in [4.78, 5) is 28.3. The fourth-order valence-electron chi connectivity index (χ4n) is 4.52. The fourth-order valence-corrected chi connectivity index (χ4v) is 4.69. The highest BCUT2D eigenvalue weighted by atomic mass is 35.5. The Morgan fingerprint density at radius 3 is 2.13 bits per heavy atom. The van der Waals surface area contributed by atoms with E-state index in [2.05, 4.69) is 20.8 Å². The number of Topliss-reactive ketones (excluding diaryl/α,β-unsaturated/α-hetero) is 1. The van der Waals surface area contributed by atoms with Crippen molar-refractivity contribution in [3.63, 3.8) is 0 Å². The predicted molar refractivity (Wildman–Crippen MR) is 150 cm³/mol. The summed E-state index contributed by atoms with van der Waals surface area (Å²) in [7, 11) is 0. The Morgan fingerprint density at radius 2 is 1.55 bits per heavy atom. The van der Waals surface area contributed by atoms with Crippen molar-refractivity contribution in [3.8, 4) is 11.5 Å². The number of aliphatic hydroxyl groups excluding tert-OH is 1. The predicted octanol–water partition coefficient (Wildman–Crippen LogP) is 7.06. The molecule has 3 aromatic carbocycles. The van der Waals surface area contributed by atoms with Crippen LogP contribution in [0.2, 0.25) is 5.02 Å². The van der Waals surface area contributed by atoms with E-state index in [9.17, 15) is 14.7 Å². The van der Waals surface area contributed by atoms with Crippen molar-refractivity contribution in [2.24, 2.45) is 0 Å². The molecule has 1 fully saturated rings. The van der Waals surface area contributed by atoms with Crippen LogP contribution in [0.5, 0.6) is 11.5 Å². The van der Waals surface area contributed by atoms with Gasteiger partial charge in [0.05, 0.1) is 29.9 Å². The van der Waals surface area contributed by atoms with Gasteiger partial charge >= 0.3 is 0 Å². The Hall–Kier alpha value is -3.77. The average molecular weight is 534 g/mol. The minimum Gasteiger partial charge on any atom is -0.507 e. The topological polar surface area (TPSA) is 76.1 Å². The summed E-state index contributed by atoms with van der Waals surface area (Å²) < 4.78 is 11.1. The number of anilines is 1. The number of benzene rings is 3. The van der Waals surface area contributed by atoms with E-state index in [1.54, 1.807) is 42.5 Å². The molecule has 0 spiro atoms. The van der Waals surface area contributed by atoms with Gasteiger partial charge in [-0.15, -0.1) is 0 Å². The third-order valence-corrected chi connectivity index (χ3v) is 6.78. The first-order chi connectivity index (χ1) is 18.1. The third-order valence-electron chi connectivity index (χ3n) is 6.47. The van der Waals surface area contributed by atoms with E-state index in [-0.39, 0.29) is 16.7 Å². The first-order valence-electron chi connectivity index (χ1n) is 12.6. The zero-order valence-electron chi connectivity index (χ0n) is 22.2. The van der Waals surface area contributed by atoms with Gasteiger partial charge in [-0.25, -0.2) is 0 Å². The molecule has 0 bridgehead atoms. The molecular formula is C31H32ClNO5. The van der Waals surface area contributed by atoms with Gasteiger partial charge in [0.15, 0.2) is 0 Å². The highest BCUT2D eigenvalue weighted by molar-refractivity contribution is 6.51. The molecule has 1 amide bonds. The van der Waals surface area contributed by atoms with E-state index >= 15 is 0 Å². The molecule has 4 rings (SSSR count). The number of halogens is 1. The molecule has 38 heavy (non-hydrogen) atoms. The molecule has 1 atom stereocenters. The van der Waals surface area contributed by atoms with Crippen LogP contribution in [-0.4, -0.2) is 30.0 Å². The number of hydrogen-bond acceptors (Lipinski definition) is 5. The van der Waals surface area contributed by atoms with Crippen LogP contribution in [0.25, 0.3) is 5.76 Å². The summed E-state index contributed by atoms with van der Waals surface area (Å²) in [5.74, 6) is -0.748. The summed E-state index contributed by atoms with van der Waals surface area (Å²) in [5, 5.41) is 11.8. The zero-order valence-corrected chi connectivity index (χ0v) is 23.0. The Bertz CT molecular complexity index is 1370. The van der Waals surface area contributed by atoms with Gasteiger partial charge in [0.25, 0.3) is 11.7 Å². The van der Waals surface area contributed by atoms with Crippen molar-refractivity contribution >= 4 is 34.7 Å². The van der Waals surface area contributed by atoms with Crippen molar-refractivity contribution in [2.75, 3.05) is 18.1 Å². The Labute approximate surface area is 228 Å². The van der Waals surface area contributed by atoms with Crippen LogP contribution in [-0.2, 0) is 15.0 Å². The highest BCUT2D eigenvalue weighted by Crippen LogP contribution is 2.43. The summed E-state index contributed by atoms with van der Waals surface area (Å²) in [6.45, 7) is 11.0. The molecule has 1 aliphatic rings. The van der Waals surface area contributed by atoms with Gasteiger partial charge in [0.1, 0.15) is 17.3 Å². The molecule has 7 heteroatoms. The van der Waals surface area contributed by atoms with Crippen molar-refractivity contribution in [1.82, 2.24) is 0 Å². The molecule has 1 N–H and O–H groups in total. The van der Waals surface area contributed by atoms with Crippen molar-refractivity contribution in [1.29, 1.82) is 0 Å². The molecule has 1 aliphatic heterocycles. The average Bonchev–Trinajstić information content (AvgIpc) is 3.15. The minimum absolute atomic E-state index is 0.00263. The van der Waals surface area contributed by atoms with Gasteiger partial charge in [-0.3, -0.25) is 14.5 Å². The quantitative estimate of drug-likeness (QED) is 0.200. The van der Waals surface area contributed by atoms with Gasteiger partial charge in [-0.05, 0) is 72.9 Å². The van der Waals surface area contributed by atoms with Gasteiger partial charge in [0.2, 0.25) is 0 Å². The van der Waals surface area contributed by atoms with Crippen molar-refractivity contribution in [2.45, 2.75) is 46.1 Å². The van der Waals surface area contributed by atoms with Gasteiger partial charge < -0.3 is 14.6 Å². The van der Waals surface area contributed by atoms with E-state index in [1.807, 2.05) is 38.1 Å². The lowest BCUT2D eigenvalue weighted by Gasteiger charge is -2.27. The first-order valence-corrected chi connectivity index (χ1v) is 13.0. The summed E-state index contributed by atoms with van der Waals surface area (Å²) >= 11 is 6.24. The molecule has 1 saturated heterocycles. The Morgan fingerprint density at radius 1 is 0.921 bits per heavy atom. The summed E-state index contributed by atoms with van der Waals surface area (Å²) in [5.41, 5.74) is 2.58. The largest absolute Gasteiger partial charge is 0.507 e. The van der Waals surface area contributed by atoms with Crippen LogP contribution in [0.15, 0.2) is 72.3 Å². The van der Waals surface area contributed by atoms with E-state index in [1.165, 1.54) is 4.90 Å². The van der Waals surface area contributed by atoms with E-state index in [0.717, 1.165) is 5.56 Å². The number of rotatable bonds is 7. The number of hydrogen-bond donors (Lipinski definition) is 1. The molecule has 0 saturated carbocycles. The first kappa shape index (κ1) is 27.3. The molecular weight excluding hydrogens is 502 g/mol. The third kappa shape index (κ3) is 5.27. The van der Waals surface area contributed by atoms with Gasteiger partial charge in [-0.1, -0.05) is 56.6 Å². The zero-order chi connectivity index (χ0) is 27.6. The number of carbonyl (C=O) groups excluding carboxylic acids is 2. The van der Waals surface area contributed by atoms with E-state index < -0.39 is 17.7 Å². The lowest BCUT2D eigenvalue weighted by molar-refractivity contribution is -0.132. The lowest BCUT2D eigenvalue weighted by atomic mass is 9.85. The second-order valence-corrected chi connectivity index (χ2v) is 10.5. The number of carbonyl (C=O) groups is 2. The summed E-state index contributed by atoms with van der Waals surface area (Å²) in [6.07, 6.45) is 0. The summed E-state index contributed by atoms with van der Waals surface area (Å²) in [6, 6.07) is 18.7. The maximum absolute atomic E-state index is 13.5. The molecule has 3 aromatic rings. The number of nitrogens with zero attached hydrogens (tertiary/aromatic N) is 1. The fraction of sp³-hybridized carbons (Fsp3) is 0.290. The highest BCUT2D eigenvalue weighted by Gasteiger charge is 2.47. The number of ketones is 1. The second-order valence-electron chi connectivity index (χ2n) is 10.0. The van der Waals surface area contributed by atoms with Crippen LogP contribution < -0.4 is 14.4 Å². The Kier molecular flexibility index (Phi) is 7.83. The SMILES string of the molecule is CCOc1ccc(N2C(=O)C(=O)/C(=C(\O)c3ccc(Cl)c(OCC)c3)C2c2ccc(C(C)(C)C)cc2)cc1. The number of amides is 1. The molecule has 0 aliphatic carbocycles. The van der Waals surface area contributed by atoms with E-state index in [0.29, 0.717) is 46.5 Å². The molecule has 6 nitrogen and oxygen atoms in total. The van der Waals surface area contributed by atoms with Crippen molar-refractivity contribution in [3.05, 3.63) is 94.0 Å². The number of ether oxygens (including phenoxy) is 2. The van der Waals surface area contributed by atoms with Crippen LogP contribution in [0, 0.1) is 0 Å². The second kappa shape index (κ2) is 10.9. The van der Waals surface area contributed by atoms with Crippen LogP contribution in [0.1, 0.15) is 57.4 Å².